The highest BCUT2D eigenvalue weighted by molar-refractivity contribution is 7.93. The maximum Gasteiger partial charge on any atom is 0.312 e. The van der Waals surface area contributed by atoms with Gasteiger partial charge in [-0.05, 0) is 12.5 Å². The van der Waals surface area contributed by atoms with Gasteiger partial charge in [-0.25, -0.2) is 13.4 Å². The minimum atomic E-state index is -3.91. The molecule has 11 heteroatoms. The lowest BCUT2D eigenvalue weighted by atomic mass is 10.2. The maximum absolute atomic E-state index is 12.6. The van der Waals surface area contributed by atoms with Gasteiger partial charge in [0.2, 0.25) is 15.1 Å². The molecule has 1 atom stereocenters. The third-order valence-electron chi connectivity index (χ3n) is 2.92. The minimum Gasteiger partial charge on any atom is -0.414 e. The molecule has 0 aliphatic carbocycles. The highest BCUT2D eigenvalue weighted by atomic mass is 35.5. The van der Waals surface area contributed by atoms with Crippen LogP contribution in [0.15, 0.2) is 24.9 Å². The Labute approximate surface area is 163 Å². The second-order valence-electron chi connectivity index (χ2n) is 4.79. The van der Waals surface area contributed by atoms with E-state index in [-0.39, 0.29) is 21.0 Å². The lowest BCUT2D eigenvalue weighted by molar-refractivity contribution is -0.134. The molecule has 1 N–H and O–H groups in total. The SMILES string of the molecule is C=CC(c1cc(Cl)sc1Cl)S(=O)(=O)Nc1ncc(OC(=O)CCC)s1. The molecule has 0 bridgehead atoms. The van der Waals surface area contributed by atoms with Crippen LogP contribution >= 0.6 is 45.9 Å². The number of hydrogen-bond donors (Lipinski definition) is 1. The molecule has 0 saturated carbocycles. The zero-order valence-corrected chi connectivity index (χ0v) is 17.0. The molecular formula is C14H14Cl2N2O4S3. The standard InChI is InChI=1S/C14H14Cl2N2O4S3/c1-3-5-11(19)22-12-7-17-14(24-12)18-25(20,21)9(4-2)8-6-10(15)23-13(8)16/h4,6-7,9H,2-3,5H2,1H3,(H,17,18). The summed E-state index contributed by atoms with van der Waals surface area (Å²) in [6.45, 7) is 5.41. The summed E-state index contributed by atoms with van der Waals surface area (Å²) in [5.74, 6) is -0.399. The van der Waals surface area contributed by atoms with Crippen molar-refractivity contribution < 1.29 is 17.9 Å². The van der Waals surface area contributed by atoms with Crippen LogP contribution in [0.5, 0.6) is 5.06 Å². The van der Waals surface area contributed by atoms with E-state index in [4.69, 9.17) is 27.9 Å². The van der Waals surface area contributed by atoms with Gasteiger partial charge in [0.05, 0.1) is 14.9 Å². The lowest BCUT2D eigenvalue weighted by Crippen LogP contribution is -2.19. The minimum absolute atomic E-state index is 0.0728. The van der Waals surface area contributed by atoms with Crippen LogP contribution in [0.2, 0.25) is 8.67 Å². The molecule has 0 amide bonds. The molecule has 2 aromatic heterocycles. The summed E-state index contributed by atoms with van der Waals surface area (Å²) in [7, 11) is -3.91. The van der Waals surface area contributed by atoms with Crippen molar-refractivity contribution in [3.63, 3.8) is 0 Å². The Bertz CT molecular complexity index is 877. The Kier molecular flexibility index (Phi) is 6.86. The largest absolute Gasteiger partial charge is 0.414 e. The number of nitrogens with one attached hydrogen (secondary N) is 1. The van der Waals surface area contributed by atoms with Crippen molar-refractivity contribution in [2.45, 2.75) is 25.0 Å². The van der Waals surface area contributed by atoms with E-state index in [1.54, 1.807) is 0 Å². The van der Waals surface area contributed by atoms with Gasteiger partial charge in [0.25, 0.3) is 0 Å². The fourth-order valence-electron chi connectivity index (χ4n) is 1.87. The Morgan fingerprint density at radius 3 is 2.76 bits per heavy atom. The van der Waals surface area contributed by atoms with E-state index in [0.717, 1.165) is 22.7 Å². The molecule has 136 valence electrons. The predicted octanol–water partition coefficient (Wildman–Crippen LogP) is 4.89. The molecule has 25 heavy (non-hydrogen) atoms. The zero-order valence-electron chi connectivity index (χ0n) is 13.0. The third-order valence-corrected chi connectivity index (χ3v) is 6.95. The summed E-state index contributed by atoms with van der Waals surface area (Å²) in [4.78, 5) is 15.4. The van der Waals surface area contributed by atoms with Crippen molar-refractivity contribution in [3.05, 3.63) is 39.2 Å². The number of thiazole rings is 1. The summed E-state index contributed by atoms with van der Waals surface area (Å²) >= 11 is 13.9. The van der Waals surface area contributed by atoms with E-state index in [0.29, 0.717) is 16.3 Å². The fraction of sp³-hybridized carbons (Fsp3) is 0.286. The molecule has 0 aliphatic heterocycles. The van der Waals surface area contributed by atoms with Crippen LogP contribution in [0.1, 0.15) is 30.6 Å². The number of carbonyl (C=O) groups excluding carboxylic acids is 1. The van der Waals surface area contributed by atoms with Crippen molar-refractivity contribution in [1.29, 1.82) is 0 Å². The molecule has 2 aromatic rings. The van der Waals surface area contributed by atoms with Gasteiger partial charge >= 0.3 is 5.97 Å². The first-order chi connectivity index (χ1) is 11.8. The quantitative estimate of drug-likeness (QED) is 0.466. The Balaban J connectivity index is 2.17. The second kappa shape index (κ2) is 8.50. The van der Waals surface area contributed by atoms with Crippen LogP contribution < -0.4 is 9.46 Å². The van der Waals surface area contributed by atoms with Crippen LogP contribution in [0.4, 0.5) is 5.13 Å². The van der Waals surface area contributed by atoms with Gasteiger partial charge < -0.3 is 4.74 Å². The number of aromatic nitrogens is 1. The highest BCUT2D eigenvalue weighted by Gasteiger charge is 2.29. The summed E-state index contributed by atoms with van der Waals surface area (Å²) in [6, 6.07) is 1.49. The molecule has 2 rings (SSSR count). The first-order valence-corrected chi connectivity index (χ1v) is 11.0. The molecule has 0 saturated heterocycles. The van der Waals surface area contributed by atoms with Crippen molar-refractivity contribution in [2.24, 2.45) is 0 Å². The number of halogens is 2. The van der Waals surface area contributed by atoms with Gasteiger partial charge in [0.15, 0.2) is 5.13 Å². The molecule has 0 aliphatic rings. The topological polar surface area (TPSA) is 85.4 Å². The van der Waals surface area contributed by atoms with Gasteiger partial charge in [-0.1, -0.05) is 47.5 Å². The number of thiophene rings is 1. The Morgan fingerprint density at radius 2 is 2.20 bits per heavy atom. The van der Waals surface area contributed by atoms with Crippen molar-refractivity contribution >= 4 is 67.0 Å². The van der Waals surface area contributed by atoms with Crippen LogP contribution in [0.25, 0.3) is 0 Å². The summed E-state index contributed by atoms with van der Waals surface area (Å²) < 4.78 is 33.3. The molecule has 1 unspecified atom stereocenters. The van der Waals surface area contributed by atoms with Crippen molar-refractivity contribution in [1.82, 2.24) is 4.98 Å². The van der Waals surface area contributed by atoms with Crippen molar-refractivity contribution in [3.8, 4) is 5.06 Å². The molecule has 6 nitrogen and oxygen atoms in total. The van der Waals surface area contributed by atoms with Gasteiger partial charge in [0, 0.05) is 12.0 Å². The van der Waals surface area contributed by atoms with Gasteiger partial charge in [-0.15, -0.1) is 17.9 Å². The molecule has 0 aromatic carbocycles. The Morgan fingerprint density at radius 1 is 1.48 bits per heavy atom. The van der Waals surface area contributed by atoms with E-state index in [1.807, 2.05) is 6.92 Å². The zero-order chi connectivity index (χ0) is 18.6. The average molecular weight is 441 g/mol. The number of ether oxygens (including phenoxy) is 1. The molecule has 0 spiro atoms. The monoisotopic (exact) mass is 440 g/mol. The molecular weight excluding hydrogens is 427 g/mol. The van der Waals surface area contributed by atoms with E-state index in [9.17, 15) is 13.2 Å². The molecule has 0 fully saturated rings. The van der Waals surface area contributed by atoms with Crippen LogP contribution in [-0.4, -0.2) is 19.4 Å². The molecule has 0 radical (unpaired) electrons. The Hall–Kier alpha value is -1.13. The van der Waals surface area contributed by atoms with Crippen LogP contribution in [0, 0.1) is 0 Å². The van der Waals surface area contributed by atoms with Gasteiger partial charge in [-0.2, -0.15) is 0 Å². The number of carbonyl (C=O) groups is 1. The summed E-state index contributed by atoms with van der Waals surface area (Å²) in [6.07, 6.45) is 3.47. The average Bonchev–Trinajstić information content (AvgIpc) is 3.06. The number of sulfonamides is 1. The highest BCUT2D eigenvalue weighted by Crippen LogP contribution is 2.39. The van der Waals surface area contributed by atoms with Crippen LogP contribution in [-0.2, 0) is 14.8 Å². The smallest absolute Gasteiger partial charge is 0.312 e. The van der Waals surface area contributed by atoms with E-state index in [2.05, 4.69) is 16.3 Å². The number of rotatable bonds is 8. The van der Waals surface area contributed by atoms with Gasteiger partial charge in [0.1, 0.15) is 5.25 Å². The first kappa shape index (κ1) is 20.2. The number of esters is 1. The lowest BCUT2D eigenvalue weighted by Gasteiger charge is -2.13. The fourth-order valence-corrected chi connectivity index (χ4v) is 5.81. The summed E-state index contributed by atoms with van der Waals surface area (Å²) in [5, 5.41) is -0.815. The summed E-state index contributed by atoms with van der Waals surface area (Å²) in [5.41, 5.74) is 0.338. The van der Waals surface area contributed by atoms with E-state index in [1.165, 1.54) is 18.3 Å². The maximum atomic E-state index is 12.6. The number of hydrogen-bond acceptors (Lipinski definition) is 7. The predicted molar refractivity (Wildman–Crippen MR) is 102 cm³/mol. The number of anilines is 1. The van der Waals surface area contributed by atoms with E-state index < -0.39 is 21.2 Å². The first-order valence-electron chi connectivity index (χ1n) is 7.02. The number of nitrogens with zero attached hydrogens (tertiary/aromatic N) is 1. The van der Waals surface area contributed by atoms with Crippen LogP contribution in [0.3, 0.4) is 0 Å². The normalized spacial score (nSPS) is 12.6. The molecule has 2 heterocycles. The second-order valence-corrected chi connectivity index (χ2v) is 9.87. The van der Waals surface area contributed by atoms with E-state index >= 15 is 0 Å². The van der Waals surface area contributed by atoms with Gasteiger partial charge in [-0.3, -0.25) is 9.52 Å². The van der Waals surface area contributed by atoms with Crippen molar-refractivity contribution in [2.75, 3.05) is 4.72 Å². The third kappa shape index (κ3) is 5.18.